The molecule has 0 aromatic heterocycles. The smallest absolute Gasteiger partial charge is 0.172 e. The van der Waals surface area contributed by atoms with Crippen LogP contribution in [0.15, 0.2) is 30.3 Å². The van der Waals surface area contributed by atoms with Crippen LogP contribution in [0.1, 0.15) is 22.3 Å². The lowest BCUT2D eigenvalue weighted by molar-refractivity contribution is 0.408. The third-order valence-corrected chi connectivity index (χ3v) is 3.07. The largest absolute Gasteiger partial charge is 0.504 e. The Balaban J connectivity index is 2.42. The van der Waals surface area contributed by atoms with Crippen LogP contribution in [0, 0.1) is 27.7 Å². The van der Waals surface area contributed by atoms with Crippen LogP contribution in [0.25, 0.3) is 0 Å². The molecule has 0 spiro atoms. The van der Waals surface area contributed by atoms with Gasteiger partial charge in [-0.25, -0.2) is 0 Å². The molecule has 0 saturated heterocycles. The maximum absolute atomic E-state index is 9.89. The van der Waals surface area contributed by atoms with Gasteiger partial charge in [0.15, 0.2) is 11.5 Å². The first-order valence-corrected chi connectivity index (χ1v) is 6.02. The minimum Gasteiger partial charge on any atom is -0.504 e. The van der Waals surface area contributed by atoms with Crippen molar-refractivity contribution in [3.63, 3.8) is 0 Å². The molecular weight excluding hydrogens is 224 g/mol. The van der Waals surface area contributed by atoms with E-state index >= 15 is 0 Å². The summed E-state index contributed by atoms with van der Waals surface area (Å²) in [4.78, 5) is 0. The van der Waals surface area contributed by atoms with Crippen molar-refractivity contribution in [1.29, 1.82) is 0 Å². The van der Waals surface area contributed by atoms with Crippen LogP contribution in [0.2, 0.25) is 0 Å². The highest BCUT2D eigenvalue weighted by Gasteiger charge is 2.10. The predicted octanol–water partition coefficient (Wildman–Crippen LogP) is 4.42. The van der Waals surface area contributed by atoms with Gasteiger partial charge in [-0.15, -0.1) is 0 Å². The molecule has 0 aliphatic rings. The van der Waals surface area contributed by atoms with Crippen LogP contribution in [0.4, 0.5) is 0 Å². The van der Waals surface area contributed by atoms with E-state index in [2.05, 4.69) is 6.07 Å². The maximum Gasteiger partial charge on any atom is 0.172 e. The van der Waals surface area contributed by atoms with E-state index < -0.39 is 0 Å². The Morgan fingerprint density at radius 2 is 1.50 bits per heavy atom. The molecule has 0 fully saturated rings. The van der Waals surface area contributed by atoms with Crippen molar-refractivity contribution < 1.29 is 9.84 Å². The number of hydrogen-bond donors (Lipinski definition) is 1. The predicted molar refractivity (Wildman–Crippen MR) is 73.6 cm³/mol. The summed E-state index contributed by atoms with van der Waals surface area (Å²) in [5, 5.41) is 9.89. The quantitative estimate of drug-likeness (QED) is 0.844. The minimum atomic E-state index is 0.178. The van der Waals surface area contributed by atoms with Crippen molar-refractivity contribution in [3.8, 4) is 17.2 Å². The van der Waals surface area contributed by atoms with E-state index in [9.17, 15) is 5.11 Å². The molecule has 0 amide bonds. The molecule has 0 atom stereocenters. The van der Waals surface area contributed by atoms with Crippen molar-refractivity contribution in [2.24, 2.45) is 0 Å². The molecule has 2 aromatic rings. The van der Waals surface area contributed by atoms with E-state index in [1.54, 1.807) is 6.07 Å². The summed E-state index contributed by atoms with van der Waals surface area (Å²) in [5.74, 6) is 1.48. The van der Waals surface area contributed by atoms with Gasteiger partial charge in [-0.1, -0.05) is 12.1 Å². The summed E-state index contributed by atoms with van der Waals surface area (Å²) in [6, 6.07) is 9.58. The van der Waals surface area contributed by atoms with Crippen molar-refractivity contribution in [2.45, 2.75) is 27.7 Å². The normalized spacial score (nSPS) is 10.4. The summed E-state index contributed by atoms with van der Waals surface area (Å²) in [6.07, 6.45) is 0. The fourth-order valence-corrected chi connectivity index (χ4v) is 2.01. The third-order valence-electron chi connectivity index (χ3n) is 3.07. The molecule has 2 nitrogen and oxygen atoms in total. The Morgan fingerprint density at radius 1 is 0.889 bits per heavy atom. The summed E-state index contributed by atoms with van der Waals surface area (Å²) in [6.45, 7) is 8.02. The zero-order valence-corrected chi connectivity index (χ0v) is 11.2. The summed E-state index contributed by atoms with van der Waals surface area (Å²) in [5.41, 5.74) is 4.37. The van der Waals surface area contributed by atoms with Gasteiger partial charge in [0.2, 0.25) is 0 Å². The van der Waals surface area contributed by atoms with Crippen LogP contribution >= 0.6 is 0 Å². The van der Waals surface area contributed by atoms with E-state index in [4.69, 9.17) is 4.74 Å². The van der Waals surface area contributed by atoms with Gasteiger partial charge in [0, 0.05) is 0 Å². The average molecular weight is 242 g/mol. The number of ether oxygens (including phenoxy) is 1. The first-order valence-electron chi connectivity index (χ1n) is 6.02. The molecule has 0 radical (unpaired) electrons. The first kappa shape index (κ1) is 12.5. The highest BCUT2D eigenvalue weighted by atomic mass is 16.5. The van der Waals surface area contributed by atoms with Crippen LogP contribution in [0.5, 0.6) is 17.2 Å². The van der Waals surface area contributed by atoms with Crippen molar-refractivity contribution >= 4 is 0 Å². The molecule has 0 aliphatic heterocycles. The third kappa shape index (κ3) is 2.48. The first-order chi connectivity index (χ1) is 8.47. The van der Waals surface area contributed by atoms with Gasteiger partial charge in [-0.3, -0.25) is 0 Å². The zero-order chi connectivity index (χ0) is 13.3. The molecule has 0 unspecified atom stereocenters. The molecule has 2 rings (SSSR count). The molecule has 2 heteroatoms. The monoisotopic (exact) mass is 242 g/mol. The molecule has 18 heavy (non-hydrogen) atoms. The molecule has 1 N–H and O–H groups in total. The second kappa shape index (κ2) is 4.73. The molecular formula is C16H18O2. The second-order valence-electron chi connectivity index (χ2n) is 4.78. The number of phenols is 1. The van der Waals surface area contributed by atoms with Gasteiger partial charge in [0.25, 0.3) is 0 Å². The number of benzene rings is 2. The lowest BCUT2D eigenvalue weighted by Crippen LogP contribution is -1.92. The zero-order valence-electron chi connectivity index (χ0n) is 11.2. The average Bonchev–Trinajstić information content (AvgIpc) is 2.28. The summed E-state index contributed by atoms with van der Waals surface area (Å²) >= 11 is 0. The maximum atomic E-state index is 9.89. The second-order valence-corrected chi connectivity index (χ2v) is 4.78. The number of rotatable bonds is 2. The molecule has 0 heterocycles. The number of aromatic hydroxyl groups is 1. The van der Waals surface area contributed by atoms with Gasteiger partial charge >= 0.3 is 0 Å². The highest BCUT2D eigenvalue weighted by molar-refractivity contribution is 5.51. The molecule has 0 saturated carbocycles. The van der Waals surface area contributed by atoms with Crippen molar-refractivity contribution in [2.75, 3.05) is 0 Å². The van der Waals surface area contributed by atoms with Gasteiger partial charge in [0.05, 0.1) is 0 Å². The Bertz CT molecular complexity index is 566. The number of hydrogen-bond acceptors (Lipinski definition) is 2. The molecule has 0 aliphatic carbocycles. The van der Waals surface area contributed by atoms with Crippen molar-refractivity contribution in [3.05, 3.63) is 52.6 Å². The molecule has 2 aromatic carbocycles. The van der Waals surface area contributed by atoms with Gasteiger partial charge in [0.1, 0.15) is 5.75 Å². The van der Waals surface area contributed by atoms with E-state index in [0.29, 0.717) is 5.75 Å². The fourth-order valence-electron chi connectivity index (χ4n) is 2.01. The highest BCUT2D eigenvalue weighted by Crippen LogP contribution is 2.35. The Morgan fingerprint density at radius 3 is 2.11 bits per heavy atom. The van der Waals surface area contributed by atoms with Gasteiger partial charge < -0.3 is 9.84 Å². The Kier molecular flexibility index (Phi) is 3.28. The number of phenolic OH excluding ortho intramolecular Hbond substituents is 1. The Labute approximate surface area is 108 Å². The fraction of sp³-hybridized carbons (Fsp3) is 0.250. The van der Waals surface area contributed by atoms with E-state index in [0.717, 1.165) is 28.0 Å². The van der Waals surface area contributed by atoms with Crippen LogP contribution in [0.3, 0.4) is 0 Å². The van der Waals surface area contributed by atoms with Gasteiger partial charge in [-0.05, 0) is 68.1 Å². The lowest BCUT2D eigenvalue weighted by atomic mass is 10.1. The Hall–Kier alpha value is -1.96. The minimum absolute atomic E-state index is 0.178. The summed E-state index contributed by atoms with van der Waals surface area (Å²) < 4.78 is 5.83. The van der Waals surface area contributed by atoms with Crippen LogP contribution in [-0.2, 0) is 0 Å². The van der Waals surface area contributed by atoms with E-state index in [-0.39, 0.29) is 5.75 Å². The lowest BCUT2D eigenvalue weighted by Gasteiger charge is -2.13. The van der Waals surface area contributed by atoms with Gasteiger partial charge in [-0.2, -0.15) is 0 Å². The standard InChI is InChI=1S/C16H18O2/c1-10-7-11(2)9-14(8-10)18-16-13(4)12(3)5-6-15(16)17/h5-9,17H,1-4H3. The van der Waals surface area contributed by atoms with E-state index in [1.165, 1.54) is 0 Å². The molecule has 94 valence electrons. The summed E-state index contributed by atoms with van der Waals surface area (Å²) in [7, 11) is 0. The van der Waals surface area contributed by atoms with Crippen LogP contribution < -0.4 is 4.74 Å². The van der Waals surface area contributed by atoms with Crippen molar-refractivity contribution in [1.82, 2.24) is 0 Å². The molecule has 0 bridgehead atoms. The van der Waals surface area contributed by atoms with Crippen LogP contribution in [-0.4, -0.2) is 5.11 Å². The SMILES string of the molecule is Cc1cc(C)cc(Oc2c(O)ccc(C)c2C)c1. The van der Waals surface area contributed by atoms with E-state index in [1.807, 2.05) is 45.9 Å². The number of aryl methyl sites for hydroxylation is 3. The topological polar surface area (TPSA) is 29.5 Å².